The monoisotopic (exact) mass is 251 g/mol. The lowest BCUT2D eigenvalue weighted by atomic mass is 9.95. The van der Waals surface area contributed by atoms with Crippen LogP contribution in [0.3, 0.4) is 0 Å². The van der Waals surface area contributed by atoms with E-state index in [0.717, 1.165) is 44.1 Å². The first-order chi connectivity index (χ1) is 8.78. The Bertz CT molecular complexity index is 403. The molecule has 3 atom stereocenters. The van der Waals surface area contributed by atoms with Gasteiger partial charge < -0.3 is 13.9 Å². The highest BCUT2D eigenvalue weighted by atomic mass is 16.5. The Morgan fingerprint density at radius 2 is 2.28 bits per heavy atom. The second-order valence-electron chi connectivity index (χ2n) is 5.24. The van der Waals surface area contributed by atoms with E-state index in [0.29, 0.717) is 6.04 Å². The van der Waals surface area contributed by atoms with Crippen molar-refractivity contribution in [3.8, 4) is 0 Å². The van der Waals surface area contributed by atoms with Gasteiger partial charge in [-0.1, -0.05) is 0 Å². The normalized spacial score (nSPS) is 32.7. The quantitative estimate of drug-likeness (QED) is 0.822. The van der Waals surface area contributed by atoms with Crippen molar-refractivity contribution in [2.24, 2.45) is 0 Å². The van der Waals surface area contributed by atoms with Gasteiger partial charge in [0.15, 0.2) is 0 Å². The Labute approximate surface area is 108 Å². The van der Waals surface area contributed by atoms with Crippen LogP contribution in [0.2, 0.25) is 0 Å². The van der Waals surface area contributed by atoms with E-state index in [-0.39, 0.29) is 12.2 Å². The molecule has 1 aromatic rings. The number of hydrogen-bond acceptors (Lipinski definition) is 4. The van der Waals surface area contributed by atoms with Gasteiger partial charge in [0, 0.05) is 26.3 Å². The third kappa shape index (κ3) is 2.20. The zero-order valence-electron chi connectivity index (χ0n) is 11.1. The molecule has 100 valence electrons. The van der Waals surface area contributed by atoms with Crippen LogP contribution in [0.25, 0.3) is 0 Å². The molecular weight excluding hydrogens is 230 g/mol. The number of rotatable bonds is 3. The predicted octanol–water partition coefficient (Wildman–Crippen LogP) is 1.97. The maximum atomic E-state index is 5.84. The summed E-state index contributed by atoms with van der Waals surface area (Å²) < 4.78 is 17.0. The van der Waals surface area contributed by atoms with Crippen molar-refractivity contribution in [3.63, 3.8) is 0 Å². The lowest BCUT2D eigenvalue weighted by Gasteiger charge is -2.40. The third-order valence-corrected chi connectivity index (χ3v) is 4.10. The number of piperidine rings is 1. The third-order valence-electron chi connectivity index (χ3n) is 4.10. The number of nitrogens with zero attached hydrogens (tertiary/aromatic N) is 1. The molecule has 0 aromatic carbocycles. The van der Waals surface area contributed by atoms with Gasteiger partial charge in [0.05, 0.1) is 18.8 Å². The second-order valence-corrected chi connectivity index (χ2v) is 5.24. The molecule has 2 fully saturated rings. The molecule has 1 aromatic heterocycles. The first-order valence-electron chi connectivity index (χ1n) is 6.71. The molecule has 4 heteroatoms. The largest absolute Gasteiger partial charge is 0.465 e. The van der Waals surface area contributed by atoms with E-state index in [2.05, 4.69) is 11.0 Å². The molecule has 0 aliphatic carbocycles. The van der Waals surface area contributed by atoms with E-state index in [4.69, 9.17) is 13.9 Å². The molecule has 2 saturated heterocycles. The lowest BCUT2D eigenvalue weighted by molar-refractivity contribution is -0.0854. The van der Waals surface area contributed by atoms with Crippen LogP contribution in [0, 0.1) is 6.92 Å². The van der Waals surface area contributed by atoms with Crippen molar-refractivity contribution in [2.45, 2.75) is 44.6 Å². The number of aryl methyl sites for hydroxylation is 1. The fraction of sp³-hybridized carbons (Fsp3) is 0.714. The Kier molecular flexibility index (Phi) is 3.41. The maximum Gasteiger partial charge on any atom is 0.118 e. The van der Waals surface area contributed by atoms with Gasteiger partial charge in [-0.15, -0.1) is 0 Å². The molecule has 2 aliphatic rings. The molecule has 0 unspecified atom stereocenters. The van der Waals surface area contributed by atoms with Gasteiger partial charge in [-0.25, -0.2) is 0 Å². The molecule has 0 saturated carbocycles. The van der Waals surface area contributed by atoms with Crippen molar-refractivity contribution >= 4 is 0 Å². The van der Waals surface area contributed by atoms with E-state index in [1.54, 1.807) is 7.11 Å². The van der Waals surface area contributed by atoms with Crippen LogP contribution in [0.15, 0.2) is 16.5 Å². The summed E-state index contributed by atoms with van der Waals surface area (Å²) in [4.78, 5) is 2.48. The van der Waals surface area contributed by atoms with Gasteiger partial charge in [-0.3, -0.25) is 4.90 Å². The standard InChI is InChI=1S/C14H21NO3/c1-10-3-4-11(18-10)9-15-7-5-13(16-2)14-12(15)6-8-17-14/h3-4,12-14H,5-9H2,1-2H3/t12-,13+,14-/m0/s1. The minimum atomic E-state index is 0.236. The second kappa shape index (κ2) is 5.03. The molecular formula is C14H21NO3. The van der Waals surface area contributed by atoms with Crippen LogP contribution in [0.5, 0.6) is 0 Å². The summed E-state index contributed by atoms with van der Waals surface area (Å²) in [6, 6.07) is 4.58. The average Bonchev–Trinajstić information content (AvgIpc) is 2.99. The predicted molar refractivity (Wildman–Crippen MR) is 67.4 cm³/mol. The summed E-state index contributed by atoms with van der Waals surface area (Å²) >= 11 is 0. The molecule has 0 bridgehead atoms. The Balaban J connectivity index is 1.70. The number of furan rings is 1. The molecule has 0 N–H and O–H groups in total. The summed E-state index contributed by atoms with van der Waals surface area (Å²) in [5.41, 5.74) is 0. The Morgan fingerprint density at radius 1 is 1.39 bits per heavy atom. The highest BCUT2D eigenvalue weighted by Crippen LogP contribution is 2.31. The number of hydrogen-bond donors (Lipinski definition) is 0. The average molecular weight is 251 g/mol. The Morgan fingerprint density at radius 3 is 3.00 bits per heavy atom. The minimum absolute atomic E-state index is 0.236. The van der Waals surface area contributed by atoms with E-state index < -0.39 is 0 Å². The topological polar surface area (TPSA) is 34.8 Å². The van der Waals surface area contributed by atoms with E-state index >= 15 is 0 Å². The van der Waals surface area contributed by atoms with Crippen LogP contribution in [0.4, 0.5) is 0 Å². The molecule has 18 heavy (non-hydrogen) atoms. The van der Waals surface area contributed by atoms with Crippen LogP contribution >= 0.6 is 0 Å². The van der Waals surface area contributed by atoms with Gasteiger partial charge in [0.25, 0.3) is 0 Å². The van der Waals surface area contributed by atoms with E-state index in [1.807, 2.05) is 13.0 Å². The first-order valence-corrected chi connectivity index (χ1v) is 6.71. The van der Waals surface area contributed by atoms with Crippen LogP contribution in [-0.4, -0.2) is 43.4 Å². The van der Waals surface area contributed by atoms with Gasteiger partial charge in [0.2, 0.25) is 0 Å². The number of likely N-dealkylation sites (tertiary alicyclic amines) is 1. The Hall–Kier alpha value is -0.840. The van der Waals surface area contributed by atoms with Gasteiger partial charge in [0.1, 0.15) is 11.5 Å². The molecule has 2 aliphatic heterocycles. The summed E-state index contributed by atoms with van der Waals surface area (Å²) in [5, 5.41) is 0. The molecule has 3 rings (SSSR count). The van der Waals surface area contributed by atoms with Gasteiger partial charge in [-0.05, 0) is 31.9 Å². The summed E-state index contributed by atoms with van der Waals surface area (Å²) in [7, 11) is 1.79. The SMILES string of the molecule is CO[C@@H]1CCN(Cc2ccc(C)o2)[C@H]2CCO[C@H]12. The highest BCUT2D eigenvalue weighted by molar-refractivity contribution is 5.06. The number of ether oxygens (including phenoxy) is 2. The molecule has 3 heterocycles. The number of fused-ring (bicyclic) bond motifs is 1. The fourth-order valence-electron chi connectivity index (χ4n) is 3.19. The van der Waals surface area contributed by atoms with Crippen LogP contribution in [0.1, 0.15) is 24.4 Å². The van der Waals surface area contributed by atoms with Gasteiger partial charge >= 0.3 is 0 Å². The molecule has 0 radical (unpaired) electrons. The van der Waals surface area contributed by atoms with Crippen LogP contribution in [-0.2, 0) is 16.0 Å². The van der Waals surface area contributed by atoms with Crippen molar-refractivity contribution in [3.05, 3.63) is 23.7 Å². The van der Waals surface area contributed by atoms with E-state index in [9.17, 15) is 0 Å². The van der Waals surface area contributed by atoms with Crippen molar-refractivity contribution in [2.75, 3.05) is 20.3 Å². The van der Waals surface area contributed by atoms with Crippen LogP contribution < -0.4 is 0 Å². The zero-order chi connectivity index (χ0) is 12.5. The van der Waals surface area contributed by atoms with E-state index in [1.165, 1.54) is 0 Å². The summed E-state index contributed by atoms with van der Waals surface area (Å²) in [5.74, 6) is 2.03. The maximum absolute atomic E-state index is 5.84. The molecule has 0 amide bonds. The summed E-state index contributed by atoms with van der Waals surface area (Å²) in [6.45, 7) is 4.78. The minimum Gasteiger partial charge on any atom is -0.465 e. The lowest BCUT2D eigenvalue weighted by Crippen LogP contribution is -2.52. The fourth-order valence-corrected chi connectivity index (χ4v) is 3.19. The first kappa shape index (κ1) is 12.2. The van der Waals surface area contributed by atoms with Gasteiger partial charge in [-0.2, -0.15) is 0 Å². The van der Waals surface area contributed by atoms with Crippen molar-refractivity contribution in [1.82, 2.24) is 4.90 Å². The number of methoxy groups -OCH3 is 1. The molecule has 0 spiro atoms. The zero-order valence-corrected chi connectivity index (χ0v) is 11.1. The van der Waals surface area contributed by atoms with Crippen molar-refractivity contribution in [1.29, 1.82) is 0 Å². The highest BCUT2D eigenvalue weighted by Gasteiger charge is 2.42. The molecule has 4 nitrogen and oxygen atoms in total. The summed E-state index contributed by atoms with van der Waals surface area (Å²) in [6.07, 6.45) is 2.63. The van der Waals surface area contributed by atoms with Crippen molar-refractivity contribution < 1.29 is 13.9 Å². The smallest absolute Gasteiger partial charge is 0.118 e.